The molecule has 3 N–H and O–H groups in total. The third-order valence-electron chi connectivity index (χ3n) is 2.69. The van der Waals surface area contributed by atoms with E-state index < -0.39 is 23.6 Å². The molecule has 0 amide bonds. The van der Waals surface area contributed by atoms with Crippen molar-refractivity contribution in [2.75, 3.05) is 0 Å². The van der Waals surface area contributed by atoms with Crippen LogP contribution in [0.4, 0.5) is 4.39 Å². The molecule has 0 unspecified atom stereocenters. The number of carboxylic acids is 1. The number of unbranched alkanes of at least 4 members (excludes halogenated alkanes) is 3. The highest BCUT2D eigenvalue weighted by atomic mass is 19.1. The molecule has 1 aromatic carbocycles. The van der Waals surface area contributed by atoms with Crippen molar-refractivity contribution in [3.8, 4) is 5.75 Å². The molecule has 0 spiro atoms. The summed E-state index contributed by atoms with van der Waals surface area (Å²) in [4.78, 5) is 9.00. The van der Waals surface area contributed by atoms with Gasteiger partial charge in [0.1, 0.15) is 0 Å². The molecule has 1 aromatic rings. The Morgan fingerprint density at radius 2 is 1.90 bits per heavy atom. The van der Waals surface area contributed by atoms with E-state index in [9.17, 15) is 14.6 Å². The first kappa shape index (κ1) is 18.4. The van der Waals surface area contributed by atoms with Crippen molar-refractivity contribution in [3.63, 3.8) is 0 Å². The molecule has 5 heteroatoms. The van der Waals surface area contributed by atoms with Crippen molar-refractivity contribution in [2.45, 2.75) is 52.1 Å². The molecule has 0 heterocycles. The Morgan fingerprint density at radius 3 is 2.40 bits per heavy atom. The molecule has 0 fully saturated rings. The second-order valence-electron chi connectivity index (χ2n) is 4.60. The Hall–Kier alpha value is -1.62. The zero-order chi connectivity index (χ0) is 15.5. The fourth-order valence-electron chi connectivity index (χ4n) is 1.67. The molecule has 0 aliphatic rings. The summed E-state index contributed by atoms with van der Waals surface area (Å²) in [6.45, 7) is 3.22. The van der Waals surface area contributed by atoms with Crippen LogP contribution < -0.4 is 0 Å². The summed E-state index contributed by atoms with van der Waals surface area (Å²) in [6, 6.07) is 3.99. The average molecular weight is 286 g/mol. The minimum atomic E-state index is -0.833. The SMILES string of the molecule is CC(=O)O.CCCCCC[C@H](O)c1ccc(F)c(O)c1. The second kappa shape index (κ2) is 10.2. The first-order chi connectivity index (χ1) is 9.38. The monoisotopic (exact) mass is 286 g/mol. The van der Waals surface area contributed by atoms with Crippen molar-refractivity contribution in [1.82, 2.24) is 0 Å². The van der Waals surface area contributed by atoms with E-state index in [0.717, 1.165) is 26.2 Å². The minimum absolute atomic E-state index is 0.398. The molecule has 0 saturated heterocycles. The first-order valence-electron chi connectivity index (χ1n) is 6.74. The van der Waals surface area contributed by atoms with Gasteiger partial charge in [-0.2, -0.15) is 0 Å². The van der Waals surface area contributed by atoms with Gasteiger partial charge in [-0.25, -0.2) is 4.39 Å². The highest BCUT2D eigenvalue weighted by molar-refractivity contribution is 5.62. The van der Waals surface area contributed by atoms with Gasteiger partial charge in [0.2, 0.25) is 0 Å². The number of carbonyl (C=O) groups is 1. The lowest BCUT2D eigenvalue weighted by Crippen LogP contribution is -1.97. The van der Waals surface area contributed by atoms with E-state index >= 15 is 0 Å². The smallest absolute Gasteiger partial charge is 0.300 e. The molecule has 1 rings (SSSR count). The number of hydrogen-bond donors (Lipinski definition) is 3. The molecule has 20 heavy (non-hydrogen) atoms. The van der Waals surface area contributed by atoms with Crippen molar-refractivity contribution >= 4 is 5.97 Å². The molecule has 0 aromatic heterocycles. The van der Waals surface area contributed by atoms with Crippen LogP contribution in [-0.4, -0.2) is 21.3 Å². The fourth-order valence-corrected chi connectivity index (χ4v) is 1.67. The Bertz CT molecular complexity index is 403. The Morgan fingerprint density at radius 1 is 1.30 bits per heavy atom. The fraction of sp³-hybridized carbons (Fsp3) is 0.533. The van der Waals surface area contributed by atoms with Gasteiger partial charge in [0.15, 0.2) is 11.6 Å². The zero-order valence-corrected chi connectivity index (χ0v) is 12.0. The number of aromatic hydroxyl groups is 1. The molecule has 0 aliphatic heterocycles. The molecule has 0 aliphatic carbocycles. The van der Waals surface area contributed by atoms with E-state index in [1.165, 1.54) is 24.6 Å². The predicted molar refractivity (Wildman–Crippen MR) is 75.1 cm³/mol. The number of rotatable bonds is 6. The summed E-state index contributed by atoms with van der Waals surface area (Å²) in [5.41, 5.74) is 0.579. The normalized spacial score (nSPS) is 11.4. The number of phenols is 1. The van der Waals surface area contributed by atoms with E-state index in [4.69, 9.17) is 9.90 Å². The number of phenolic OH excluding ortho intramolecular Hbond substituents is 1. The largest absolute Gasteiger partial charge is 0.505 e. The van der Waals surface area contributed by atoms with Crippen LogP contribution >= 0.6 is 0 Å². The van der Waals surface area contributed by atoms with E-state index in [1.807, 2.05) is 0 Å². The lowest BCUT2D eigenvalue weighted by atomic mass is 10.0. The topological polar surface area (TPSA) is 77.8 Å². The third-order valence-corrected chi connectivity index (χ3v) is 2.69. The van der Waals surface area contributed by atoms with Gasteiger partial charge in [-0.05, 0) is 24.1 Å². The van der Waals surface area contributed by atoms with Crippen molar-refractivity contribution < 1.29 is 24.5 Å². The number of aliphatic carboxylic acids is 1. The Labute approximate surface area is 118 Å². The highest BCUT2D eigenvalue weighted by Gasteiger charge is 2.09. The molecule has 114 valence electrons. The number of benzene rings is 1. The van der Waals surface area contributed by atoms with Gasteiger partial charge in [0.05, 0.1) is 6.10 Å². The van der Waals surface area contributed by atoms with Gasteiger partial charge in [-0.15, -0.1) is 0 Å². The van der Waals surface area contributed by atoms with E-state index in [0.29, 0.717) is 12.0 Å². The molecular weight excluding hydrogens is 263 g/mol. The van der Waals surface area contributed by atoms with Crippen LogP contribution in [0.1, 0.15) is 57.6 Å². The number of aliphatic hydroxyl groups is 1. The maximum Gasteiger partial charge on any atom is 0.300 e. The number of hydrogen-bond acceptors (Lipinski definition) is 3. The van der Waals surface area contributed by atoms with Gasteiger partial charge < -0.3 is 15.3 Å². The van der Waals surface area contributed by atoms with Crippen LogP contribution in [0, 0.1) is 5.82 Å². The molecule has 0 saturated carbocycles. The highest BCUT2D eigenvalue weighted by Crippen LogP contribution is 2.24. The quantitative estimate of drug-likeness (QED) is 0.698. The van der Waals surface area contributed by atoms with Gasteiger partial charge in [-0.3, -0.25) is 4.79 Å². The maximum absolute atomic E-state index is 12.8. The van der Waals surface area contributed by atoms with Crippen molar-refractivity contribution in [2.24, 2.45) is 0 Å². The van der Waals surface area contributed by atoms with Crippen molar-refractivity contribution in [1.29, 1.82) is 0 Å². The zero-order valence-electron chi connectivity index (χ0n) is 12.0. The first-order valence-corrected chi connectivity index (χ1v) is 6.74. The van der Waals surface area contributed by atoms with Crippen LogP contribution in [0.25, 0.3) is 0 Å². The van der Waals surface area contributed by atoms with Crippen LogP contribution in [0.3, 0.4) is 0 Å². The number of carboxylic acid groups (broad SMARTS) is 1. The van der Waals surface area contributed by atoms with Crippen LogP contribution in [0.5, 0.6) is 5.75 Å². The number of halogens is 1. The van der Waals surface area contributed by atoms with Gasteiger partial charge in [-0.1, -0.05) is 38.7 Å². The summed E-state index contributed by atoms with van der Waals surface area (Å²) in [7, 11) is 0. The molecular formula is C15H23FO4. The predicted octanol–water partition coefficient (Wildman–Crippen LogP) is 3.63. The van der Waals surface area contributed by atoms with Gasteiger partial charge in [0, 0.05) is 6.92 Å². The lowest BCUT2D eigenvalue weighted by Gasteiger charge is -2.11. The summed E-state index contributed by atoms with van der Waals surface area (Å²) in [6.07, 6.45) is 4.43. The minimum Gasteiger partial charge on any atom is -0.505 e. The number of aliphatic hydroxyl groups excluding tert-OH is 1. The van der Waals surface area contributed by atoms with Crippen LogP contribution in [0.15, 0.2) is 18.2 Å². The van der Waals surface area contributed by atoms with E-state index in [1.54, 1.807) is 0 Å². The van der Waals surface area contributed by atoms with Gasteiger partial charge in [0.25, 0.3) is 5.97 Å². The molecule has 1 atom stereocenters. The van der Waals surface area contributed by atoms with Crippen LogP contribution in [0.2, 0.25) is 0 Å². The molecule has 0 bridgehead atoms. The van der Waals surface area contributed by atoms with Gasteiger partial charge >= 0.3 is 0 Å². The summed E-state index contributed by atoms with van der Waals surface area (Å²) < 4.78 is 12.8. The molecule has 4 nitrogen and oxygen atoms in total. The summed E-state index contributed by atoms with van der Waals surface area (Å²) >= 11 is 0. The third kappa shape index (κ3) is 8.48. The Kier molecular flexibility index (Phi) is 9.38. The Balaban J connectivity index is 0.000000796. The standard InChI is InChI=1S/C13H19FO2.C2H4O2/c1-2-3-4-5-6-12(15)10-7-8-11(14)13(16)9-10;1-2(3)4/h7-9,12,15-16H,2-6H2,1H3;1H3,(H,3,4)/t12-;/m0./s1. The lowest BCUT2D eigenvalue weighted by molar-refractivity contribution is -0.134. The van der Waals surface area contributed by atoms with Crippen LogP contribution in [-0.2, 0) is 4.79 Å². The van der Waals surface area contributed by atoms with E-state index in [2.05, 4.69) is 6.92 Å². The maximum atomic E-state index is 12.8. The van der Waals surface area contributed by atoms with Crippen molar-refractivity contribution in [3.05, 3.63) is 29.6 Å². The summed E-state index contributed by atoms with van der Waals surface area (Å²) in [5, 5.41) is 26.4. The van der Waals surface area contributed by atoms with E-state index in [-0.39, 0.29) is 0 Å². The second-order valence-corrected chi connectivity index (χ2v) is 4.60. The average Bonchev–Trinajstić information content (AvgIpc) is 2.37. The summed E-state index contributed by atoms with van der Waals surface area (Å²) in [5.74, 6) is -1.88. The molecule has 0 radical (unpaired) electrons.